The minimum atomic E-state index is -0.719. The smallest absolute Gasteiger partial charge is 0.167 e. The Hall–Kier alpha value is -0.960. The normalized spacial score (nSPS) is 45.7. The highest BCUT2D eigenvalue weighted by Crippen LogP contribution is 2.63. The summed E-state index contributed by atoms with van der Waals surface area (Å²) in [6, 6.07) is 0. The molecule has 0 bridgehead atoms. The lowest BCUT2D eigenvalue weighted by molar-refractivity contribution is -0.126. The third-order valence-corrected chi connectivity index (χ3v) is 5.85. The Balaban J connectivity index is 2.15. The van der Waals surface area contributed by atoms with Crippen molar-refractivity contribution in [2.45, 2.75) is 46.6 Å². The van der Waals surface area contributed by atoms with Gasteiger partial charge in [-0.25, -0.2) is 0 Å². The van der Waals surface area contributed by atoms with Crippen LogP contribution in [-0.4, -0.2) is 22.8 Å². The van der Waals surface area contributed by atoms with Crippen molar-refractivity contribution in [2.24, 2.45) is 22.7 Å². The van der Waals surface area contributed by atoms with Gasteiger partial charge in [0, 0.05) is 17.8 Å². The second-order valence-corrected chi connectivity index (χ2v) is 6.92. The van der Waals surface area contributed by atoms with Crippen LogP contribution >= 0.6 is 0 Å². The molecule has 3 heteroatoms. The second kappa shape index (κ2) is 3.13. The van der Waals surface area contributed by atoms with Crippen LogP contribution in [0.15, 0.2) is 11.1 Å². The minimum Gasteiger partial charge on any atom is -0.388 e. The van der Waals surface area contributed by atoms with Crippen molar-refractivity contribution in [3.8, 4) is 0 Å². The fourth-order valence-electron chi connectivity index (χ4n) is 4.29. The fraction of sp³-hybridized carbons (Fsp3) is 0.733. The molecule has 0 radical (unpaired) electrons. The molecule has 0 heterocycles. The lowest BCUT2D eigenvalue weighted by atomic mass is 9.68. The predicted molar refractivity (Wildman–Crippen MR) is 66.8 cm³/mol. The molecule has 3 rings (SSSR count). The van der Waals surface area contributed by atoms with Crippen molar-refractivity contribution in [1.29, 1.82) is 0 Å². The van der Waals surface area contributed by atoms with E-state index < -0.39 is 11.5 Å². The number of ketones is 2. The van der Waals surface area contributed by atoms with E-state index in [-0.39, 0.29) is 28.8 Å². The first-order valence-electron chi connectivity index (χ1n) is 6.71. The molecule has 3 nitrogen and oxygen atoms in total. The highest BCUT2D eigenvalue weighted by Gasteiger charge is 2.63. The van der Waals surface area contributed by atoms with Gasteiger partial charge in [0.1, 0.15) is 5.78 Å². The molecule has 1 N–H and O–H groups in total. The van der Waals surface area contributed by atoms with Gasteiger partial charge in [0.2, 0.25) is 0 Å². The highest BCUT2D eigenvalue weighted by atomic mass is 16.3. The summed E-state index contributed by atoms with van der Waals surface area (Å²) in [5.74, 6) is 0.504. The third-order valence-electron chi connectivity index (χ3n) is 5.85. The maximum absolute atomic E-state index is 12.4. The Kier molecular flexibility index (Phi) is 2.10. The molecule has 0 saturated heterocycles. The van der Waals surface area contributed by atoms with Gasteiger partial charge < -0.3 is 5.11 Å². The van der Waals surface area contributed by atoms with Crippen molar-refractivity contribution in [2.75, 3.05) is 0 Å². The van der Waals surface area contributed by atoms with Crippen LogP contribution in [-0.2, 0) is 9.59 Å². The number of rotatable bonds is 0. The quantitative estimate of drug-likeness (QED) is 0.712. The average molecular weight is 248 g/mol. The topological polar surface area (TPSA) is 54.4 Å². The molecule has 0 aromatic rings. The summed E-state index contributed by atoms with van der Waals surface area (Å²) in [5, 5.41) is 10.5. The summed E-state index contributed by atoms with van der Waals surface area (Å²) in [4.78, 5) is 24.3. The summed E-state index contributed by atoms with van der Waals surface area (Å²) in [6.45, 7) is 7.62. The van der Waals surface area contributed by atoms with Gasteiger partial charge in [-0.15, -0.1) is 0 Å². The third kappa shape index (κ3) is 1.05. The Morgan fingerprint density at radius 2 is 1.78 bits per heavy atom. The van der Waals surface area contributed by atoms with E-state index in [0.717, 1.165) is 11.1 Å². The van der Waals surface area contributed by atoms with Crippen molar-refractivity contribution >= 4 is 11.6 Å². The molecule has 1 saturated carbocycles. The van der Waals surface area contributed by atoms with Gasteiger partial charge in [-0.3, -0.25) is 9.59 Å². The fourth-order valence-corrected chi connectivity index (χ4v) is 4.29. The van der Waals surface area contributed by atoms with Crippen molar-refractivity contribution < 1.29 is 14.7 Å². The number of hydrogen-bond acceptors (Lipinski definition) is 3. The van der Waals surface area contributed by atoms with Gasteiger partial charge in [0.15, 0.2) is 5.78 Å². The summed E-state index contributed by atoms with van der Waals surface area (Å²) >= 11 is 0. The van der Waals surface area contributed by atoms with Crippen molar-refractivity contribution in [3.05, 3.63) is 11.1 Å². The molecule has 1 fully saturated rings. The molecule has 3 aliphatic rings. The molecule has 0 aliphatic heterocycles. The van der Waals surface area contributed by atoms with Crippen LogP contribution in [0, 0.1) is 22.7 Å². The first-order chi connectivity index (χ1) is 8.22. The number of aliphatic hydroxyl groups is 1. The number of carbonyl (C=O) groups is 2. The number of aliphatic hydroxyl groups excluding tert-OH is 1. The van der Waals surface area contributed by atoms with Crippen LogP contribution in [0.4, 0.5) is 0 Å². The van der Waals surface area contributed by atoms with Crippen molar-refractivity contribution in [3.63, 3.8) is 0 Å². The van der Waals surface area contributed by atoms with Crippen LogP contribution in [0.2, 0.25) is 0 Å². The van der Waals surface area contributed by atoms with E-state index in [9.17, 15) is 14.7 Å². The van der Waals surface area contributed by atoms with E-state index in [2.05, 4.69) is 6.92 Å². The first-order valence-corrected chi connectivity index (χ1v) is 6.71. The number of hydrogen-bond donors (Lipinski definition) is 1. The van der Waals surface area contributed by atoms with E-state index >= 15 is 0 Å². The predicted octanol–water partition coefficient (Wildman–Crippen LogP) is 1.89. The van der Waals surface area contributed by atoms with Gasteiger partial charge in [-0.2, -0.15) is 0 Å². The minimum absolute atomic E-state index is 0.0775. The van der Waals surface area contributed by atoms with Crippen molar-refractivity contribution in [1.82, 2.24) is 0 Å². The summed E-state index contributed by atoms with van der Waals surface area (Å²) < 4.78 is 0. The SMILES string of the molecule is C[C@H]1C(=O)C[C@@H]2CC3=C([C@@H](O)C(C)(C)C3=O)[C@]21C. The first kappa shape index (κ1) is 12.1. The van der Waals surface area contributed by atoms with Gasteiger partial charge in [-0.05, 0) is 37.3 Å². The Morgan fingerprint density at radius 1 is 1.17 bits per heavy atom. The average Bonchev–Trinajstić information content (AvgIpc) is 2.76. The largest absolute Gasteiger partial charge is 0.388 e. The Labute approximate surface area is 107 Å². The summed E-state index contributed by atoms with van der Waals surface area (Å²) in [5.41, 5.74) is 0.680. The van der Waals surface area contributed by atoms with E-state index in [0.29, 0.717) is 12.8 Å². The number of fused-ring (bicyclic) bond motifs is 2. The molecule has 0 spiro atoms. The zero-order valence-corrected chi connectivity index (χ0v) is 11.4. The summed E-state index contributed by atoms with van der Waals surface area (Å²) in [7, 11) is 0. The molecule has 3 aliphatic carbocycles. The maximum Gasteiger partial charge on any atom is 0.167 e. The Bertz CT molecular complexity index is 500. The zero-order valence-electron chi connectivity index (χ0n) is 11.4. The molecular weight excluding hydrogens is 228 g/mol. The molecule has 18 heavy (non-hydrogen) atoms. The number of allylic oxidation sites excluding steroid dienone is 1. The van der Waals surface area contributed by atoms with Gasteiger partial charge in [0.25, 0.3) is 0 Å². The van der Waals surface area contributed by atoms with Crippen LogP contribution in [0.1, 0.15) is 40.5 Å². The molecule has 0 amide bonds. The highest BCUT2D eigenvalue weighted by molar-refractivity contribution is 6.05. The van der Waals surface area contributed by atoms with Gasteiger partial charge >= 0.3 is 0 Å². The van der Waals surface area contributed by atoms with E-state index in [1.54, 1.807) is 13.8 Å². The molecule has 0 aromatic carbocycles. The molecule has 98 valence electrons. The van der Waals surface area contributed by atoms with Gasteiger partial charge in [0.05, 0.1) is 11.5 Å². The van der Waals surface area contributed by atoms with Crippen LogP contribution < -0.4 is 0 Å². The maximum atomic E-state index is 12.4. The lowest BCUT2D eigenvalue weighted by Crippen LogP contribution is -2.39. The van der Waals surface area contributed by atoms with E-state index in [4.69, 9.17) is 0 Å². The summed E-state index contributed by atoms with van der Waals surface area (Å²) in [6.07, 6.45) is 0.523. The molecular formula is C15H20O3. The standard InChI is InChI=1S/C15H20O3/c1-7-10(16)6-8-5-9-11(15(7,8)4)13(18)14(2,3)12(9)17/h7-8,13,18H,5-6H2,1-4H3/t7-,8-,13+,15-/m0/s1. The van der Waals surface area contributed by atoms with Crippen LogP contribution in [0.5, 0.6) is 0 Å². The molecule has 0 unspecified atom stereocenters. The lowest BCUT2D eigenvalue weighted by Gasteiger charge is -2.36. The molecule has 4 atom stereocenters. The van der Waals surface area contributed by atoms with Crippen LogP contribution in [0.25, 0.3) is 0 Å². The number of Topliss-reactive ketones (excluding diaryl/α,β-unsaturated/α-hetero) is 2. The van der Waals surface area contributed by atoms with Gasteiger partial charge in [-0.1, -0.05) is 13.8 Å². The number of carbonyl (C=O) groups excluding carboxylic acids is 2. The molecule has 0 aromatic heterocycles. The van der Waals surface area contributed by atoms with Crippen LogP contribution in [0.3, 0.4) is 0 Å². The zero-order chi connectivity index (χ0) is 13.5. The van der Waals surface area contributed by atoms with E-state index in [1.807, 2.05) is 6.92 Å². The van der Waals surface area contributed by atoms with E-state index in [1.165, 1.54) is 0 Å². The monoisotopic (exact) mass is 248 g/mol. The Morgan fingerprint density at radius 3 is 2.39 bits per heavy atom. The second-order valence-electron chi connectivity index (χ2n) is 6.92.